The molecule has 0 spiro atoms. The van der Waals surface area contributed by atoms with Gasteiger partial charge >= 0.3 is 0 Å². The molecular formula is C17H21N3O. The number of hydrogen-bond donors (Lipinski definition) is 2. The van der Waals surface area contributed by atoms with Gasteiger partial charge in [-0.15, -0.1) is 0 Å². The van der Waals surface area contributed by atoms with E-state index in [0.717, 1.165) is 29.7 Å². The third kappa shape index (κ3) is 4.13. The van der Waals surface area contributed by atoms with Crippen molar-refractivity contribution < 1.29 is 4.79 Å². The molecule has 0 saturated carbocycles. The molecule has 1 amide bonds. The fourth-order valence-corrected chi connectivity index (χ4v) is 2.21. The molecule has 0 atom stereocenters. The number of rotatable bonds is 6. The normalized spacial score (nSPS) is 10.4. The molecule has 0 aliphatic rings. The van der Waals surface area contributed by atoms with Gasteiger partial charge in [-0.3, -0.25) is 9.78 Å². The van der Waals surface area contributed by atoms with Gasteiger partial charge in [0.2, 0.25) is 0 Å². The molecule has 0 bridgehead atoms. The zero-order chi connectivity index (χ0) is 15.1. The first-order valence-electron chi connectivity index (χ1n) is 7.24. The van der Waals surface area contributed by atoms with Gasteiger partial charge in [-0.2, -0.15) is 0 Å². The summed E-state index contributed by atoms with van der Waals surface area (Å²) < 4.78 is 0. The van der Waals surface area contributed by atoms with Gasteiger partial charge < -0.3 is 11.1 Å². The van der Waals surface area contributed by atoms with Crippen molar-refractivity contribution in [2.45, 2.75) is 26.3 Å². The molecule has 2 aromatic rings. The molecular weight excluding hydrogens is 262 g/mol. The molecule has 0 fully saturated rings. The van der Waals surface area contributed by atoms with Crippen molar-refractivity contribution in [2.75, 3.05) is 6.54 Å². The van der Waals surface area contributed by atoms with Crippen LogP contribution in [0.25, 0.3) is 0 Å². The maximum absolute atomic E-state index is 12.1. The number of benzene rings is 1. The van der Waals surface area contributed by atoms with Crippen LogP contribution in [-0.2, 0) is 19.4 Å². The van der Waals surface area contributed by atoms with Gasteiger partial charge in [0, 0.05) is 11.8 Å². The highest BCUT2D eigenvalue weighted by Crippen LogP contribution is 2.08. The molecule has 1 aromatic heterocycles. The van der Waals surface area contributed by atoms with E-state index in [1.807, 2.05) is 36.4 Å². The number of amides is 1. The van der Waals surface area contributed by atoms with E-state index in [9.17, 15) is 4.79 Å². The Morgan fingerprint density at radius 3 is 2.67 bits per heavy atom. The molecule has 0 aliphatic carbocycles. The summed E-state index contributed by atoms with van der Waals surface area (Å²) >= 11 is 0. The molecule has 21 heavy (non-hydrogen) atoms. The van der Waals surface area contributed by atoms with Crippen LogP contribution in [-0.4, -0.2) is 17.4 Å². The molecule has 0 aliphatic heterocycles. The van der Waals surface area contributed by atoms with Crippen molar-refractivity contribution in [3.63, 3.8) is 0 Å². The second kappa shape index (κ2) is 7.55. The zero-order valence-corrected chi connectivity index (χ0v) is 12.3. The van der Waals surface area contributed by atoms with Gasteiger partial charge in [-0.05, 0) is 48.7 Å². The Labute approximate surface area is 125 Å². The van der Waals surface area contributed by atoms with Gasteiger partial charge in [0.15, 0.2) is 0 Å². The Hall–Kier alpha value is -2.20. The number of aryl methyl sites for hydroxylation is 1. The lowest BCUT2D eigenvalue weighted by molar-refractivity contribution is 0.0950. The first kappa shape index (κ1) is 15.2. The predicted octanol–water partition coefficient (Wildman–Crippen LogP) is 2.08. The number of aromatic nitrogens is 1. The maximum atomic E-state index is 12.1. The Morgan fingerprint density at radius 1 is 1.24 bits per heavy atom. The first-order chi connectivity index (χ1) is 10.2. The Balaban J connectivity index is 1.98. The van der Waals surface area contributed by atoms with Crippen LogP contribution in [0.15, 0.2) is 42.6 Å². The minimum atomic E-state index is -0.0815. The lowest BCUT2D eigenvalue weighted by Crippen LogP contribution is -2.24. The molecule has 2 rings (SSSR count). The molecule has 0 saturated heterocycles. The lowest BCUT2D eigenvalue weighted by Gasteiger charge is -2.08. The smallest absolute Gasteiger partial charge is 0.251 e. The monoisotopic (exact) mass is 283 g/mol. The Kier molecular flexibility index (Phi) is 5.46. The van der Waals surface area contributed by atoms with Crippen LogP contribution in [0, 0.1) is 0 Å². The fourth-order valence-electron chi connectivity index (χ4n) is 2.21. The van der Waals surface area contributed by atoms with Crippen LogP contribution in [0.4, 0.5) is 0 Å². The van der Waals surface area contributed by atoms with Crippen LogP contribution in [0.2, 0.25) is 0 Å². The minimum Gasteiger partial charge on any atom is -0.346 e. The second-order valence-corrected chi connectivity index (χ2v) is 4.88. The van der Waals surface area contributed by atoms with Crippen molar-refractivity contribution >= 4 is 5.91 Å². The third-order valence-electron chi connectivity index (χ3n) is 3.43. The molecule has 4 heteroatoms. The van der Waals surface area contributed by atoms with Gasteiger partial charge in [0.05, 0.1) is 12.2 Å². The van der Waals surface area contributed by atoms with E-state index >= 15 is 0 Å². The second-order valence-electron chi connectivity index (χ2n) is 4.88. The fraction of sp³-hybridized carbons (Fsp3) is 0.294. The summed E-state index contributed by atoms with van der Waals surface area (Å²) in [5.74, 6) is -0.0815. The van der Waals surface area contributed by atoms with E-state index in [4.69, 9.17) is 5.73 Å². The van der Waals surface area contributed by atoms with E-state index < -0.39 is 0 Å². The average Bonchev–Trinajstić information content (AvgIpc) is 2.54. The number of nitrogens with zero attached hydrogens (tertiary/aromatic N) is 1. The van der Waals surface area contributed by atoms with Crippen molar-refractivity contribution in [2.24, 2.45) is 5.73 Å². The van der Waals surface area contributed by atoms with E-state index in [1.165, 1.54) is 0 Å². The van der Waals surface area contributed by atoms with Crippen LogP contribution < -0.4 is 11.1 Å². The standard InChI is InChI=1S/C17H21N3O/c1-2-14-4-3-11-19-16(14)12-20-17(21)15-7-5-13(6-8-15)9-10-18/h3-8,11H,2,9-10,12,18H2,1H3,(H,20,21). The molecule has 0 radical (unpaired) electrons. The maximum Gasteiger partial charge on any atom is 0.251 e. The van der Waals surface area contributed by atoms with E-state index in [2.05, 4.69) is 17.2 Å². The van der Waals surface area contributed by atoms with Crippen LogP contribution in [0.3, 0.4) is 0 Å². The Bertz CT molecular complexity index is 593. The molecule has 3 N–H and O–H groups in total. The summed E-state index contributed by atoms with van der Waals surface area (Å²) in [6.07, 6.45) is 3.49. The van der Waals surface area contributed by atoms with Gasteiger partial charge in [0.25, 0.3) is 5.91 Å². The molecule has 1 heterocycles. The summed E-state index contributed by atoms with van der Waals surface area (Å²) in [5.41, 5.74) is 9.40. The highest BCUT2D eigenvalue weighted by molar-refractivity contribution is 5.94. The topological polar surface area (TPSA) is 68.0 Å². The summed E-state index contributed by atoms with van der Waals surface area (Å²) in [6, 6.07) is 11.5. The van der Waals surface area contributed by atoms with Gasteiger partial charge in [0.1, 0.15) is 0 Å². The Morgan fingerprint density at radius 2 is 2.00 bits per heavy atom. The third-order valence-corrected chi connectivity index (χ3v) is 3.43. The van der Waals surface area contributed by atoms with Crippen molar-refractivity contribution in [3.05, 3.63) is 65.0 Å². The summed E-state index contributed by atoms with van der Waals surface area (Å²) in [5, 5.41) is 2.92. The quantitative estimate of drug-likeness (QED) is 0.853. The molecule has 0 unspecified atom stereocenters. The predicted molar refractivity (Wildman–Crippen MR) is 84.0 cm³/mol. The van der Waals surface area contributed by atoms with E-state index in [1.54, 1.807) is 6.20 Å². The SMILES string of the molecule is CCc1cccnc1CNC(=O)c1ccc(CCN)cc1. The largest absolute Gasteiger partial charge is 0.346 e. The number of nitrogens with two attached hydrogens (primary N) is 1. The highest BCUT2D eigenvalue weighted by atomic mass is 16.1. The molecule has 110 valence electrons. The van der Waals surface area contributed by atoms with Crippen LogP contribution >= 0.6 is 0 Å². The van der Waals surface area contributed by atoms with Crippen LogP contribution in [0.1, 0.15) is 34.1 Å². The number of nitrogens with one attached hydrogen (secondary N) is 1. The van der Waals surface area contributed by atoms with Crippen molar-refractivity contribution in [1.82, 2.24) is 10.3 Å². The molecule has 4 nitrogen and oxygen atoms in total. The van der Waals surface area contributed by atoms with E-state index in [0.29, 0.717) is 18.7 Å². The summed E-state index contributed by atoms with van der Waals surface area (Å²) in [6.45, 7) is 3.15. The van der Waals surface area contributed by atoms with Crippen molar-refractivity contribution in [1.29, 1.82) is 0 Å². The summed E-state index contributed by atoms with van der Waals surface area (Å²) in [7, 11) is 0. The number of pyridine rings is 1. The number of carbonyl (C=O) groups is 1. The minimum absolute atomic E-state index is 0.0815. The summed E-state index contributed by atoms with van der Waals surface area (Å²) in [4.78, 5) is 16.4. The lowest BCUT2D eigenvalue weighted by atomic mass is 10.1. The van der Waals surface area contributed by atoms with Gasteiger partial charge in [-0.25, -0.2) is 0 Å². The molecule has 1 aromatic carbocycles. The number of carbonyl (C=O) groups excluding carboxylic acids is 1. The first-order valence-corrected chi connectivity index (χ1v) is 7.24. The zero-order valence-electron chi connectivity index (χ0n) is 12.3. The van der Waals surface area contributed by atoms with Crippen molar-refractivity contribution in [3.8, 4) is 0 Å². The van der Waals surface area contributed by atoms with Crippen LogP contribution in [0.5, 0.6) is 0 Å². The van der Waals surface area contributed by atoms with Gasteiger partial charge in [-0.1, -0.05) is 25.1 Å². The van der Waals surface area contributed by atoms with E-state index in [-0.39, 0.29) is 5.91 Å². The number of hydrogen-bond acceptors (Lipinski definition) is 3. The average molecular weight is 283 g/mol. The highest BCUT2D eigenvalue weighted by Gasteiger charge is 2.07.